The van der Waals surface area contributed by atoms with Crippen molar-refractivity contribution >= 4 is 0 Å². The van der Waals surface area contributed by atoms with E-state index in [4.69, 9.17) is 10.5 Å². The molecule has 1 aromatic rings. The average molecular weight is 217 g/mol. The van der Waals surface area contributed by atoms with E-state index in [0.29, 0.717) is 12.8 Å². The Morgan fingerprint density at radius 2 is 1.94 bits per heavy atom. The second kappa shape index (κ2) is 6.63. The van der Waals surface area contributed by atoms with Gasteiger partial charge in [0, 0.05) is 19.8 Å². The summed E-state index contributed by atoms with van der Waals surface area (Å²) in [4.78, 5) is 0. The number of rotatable bonds is 6. The van der Waals surface area contributed by atoms with E-state index in [1.54, 1.807) is 0 Å². The Hall–Kier alpha value is -1.81. The molecule has 16 heavy (non-hydrogen) atoms. The molecule has 0 atom stereocenters. The highest BCUT2D eigenvalue weighted by atomic mass is 15.1. The van der Waals surface area contributed by atoms with Crippen molar-refractivity contribution in [1.29, 1.82) is 10.5 Å². The Morgan fingerprint density at radius 1 is 1.25 bits per heavy atom. The lowest BCUT2D eigenvalue weighted by molar-refractivity contribution is -0.702. The molecule has 0 N–H and O–H groups in total. The third-order valence-electron chi connectivity index (χ3n) is 2.63. The first kappa shape index (κ1) is 12.3. The van der Waals surface area contributed by atoms with E-state index in [1.165, 1.54) is 5.82 Å². The van der Waals surface area contributed by atoms with E-state index < -0.39 is 0 Å². The van der Waals surface area contributed by atoms with Crippen LogP contribution in [0.5, 0.6) is 0 Å². The van der Waals surface area contributed by atoms with Crippen LogP contribution in [-0.2, 0) is 13.1 Å². The normalized spacial score (nSPS) is 9.69. The Balaban J connectivity index is 2.49. The number of hydrogen-bond acceptors (Lipinski definition) is 2. The molecule has 0 aliphatic rings. The minimum atomic E-state index is 0.603. The van der Waals surface area contributed by atoms with Crippen LogP contribution < -0.4 is 4.57 Å². The summed E-state index contributed by atoms with van der Waals surface area (Å²) in [6.45, 7) is 3.86. The van der Waals surface area contributed by atoms with Crippen molar-refractivity contribution in [2.45, 2.75) is 45.7 Å². The molecule has 1 aromatic heterocycles. The summed E-state index contributed by atoms with van der Waals surface area (Å²) < 4.78 is 4.31. The van der Waals surface area contributed by atoms with Gasteiger partial charge in [-0.2, -0.15) is 10.5 Å². The van der Waals surface area contributed by atoms with E-state index in [-0.39, 0.29) is 0 Å². The molecule has 0 saturated heterocycles. The van der Waals surface area contributed by atoms with Crippen LogP contribution in [0.15, 0.2) is 12.4 Å². The van der Waals surface area contributed by atoms with Crippen LogP contribution in [0.1, 0.15) is 31.5 Å². The van der Waals surface area contributed by atoms with Crippen LogP contribution in [0.4, 0.5) is 0 Å². The van der Waals surface area contributed by atoms with Gasteiger partial charge in [-0.25, -0.2) is 9.13 Å². The van der Waals surface area contributed by atoms with Gasteiger partial charge in [0.15, 0.2) is 0 Å². The number of aromatic nitrogens is 2. The standard InChI is InChI=1S/C12H17N4/c1-12-15(8-4-2-6-13)10-11-16(12)9-5-3-7-14/h10-11H,2-5,8-9H2,1H3/q+1. The predicted molar refractivity (Wildman–Crippen MR) is 59.1 cm³/mol. The van der Waals surface area contributed by atoms with E-state index in [2.05, 4.69) is 28.2 Å². The molecule has 0 unspecified atom stereocenters. The van der Waals surface area contributed by atoms with Gasteiger partial charge in [-0.05, 0) is 12.8 Å². The lowest BCUT2D eigenvalue weighted by Gasteiger charge is -1.99. The van der Waals surface area contributed by atoms with E-state index in [9.17, 15) is 0 Å². The molecule has 1 rings (SSSR count). The van der Waals surface area contributed by atoms with Gasteiger partial charge < -0.3 is 0 Å². The van der Waals surface area contributed by atoms with Crippen LogP contribution in [0, 0.1) is 29.6 Å². The molecule has 0 fully saturated rings. The van der Waals surface area contributed by atoms with Crippen molar-refractivity contribution in [3.8, 4) is 12.1 Å². The SMILES string of the molecule is Cc1n(CCCC#N)cc[n+]1CCCC#N. The fourth-order valence-electron chi connectivity index (χ4n) is 1.67. The van der Waals surface area contributed by atoms with Crippen molar-refractivity contribution in [3.63, 3.8) is 0 Å². The number of nitrogens with zero attached hydrogens (tertiary/aromatic N) is 4. The minimum absolute atomic E-state index is 0.603. The molecule has 1 heterocycles. The van der Waals surface area contributed by atoms with Crippen LogP contribution >= 0.6 is 0 Å². The van der Waals surface area contributed by atoms with Gasteiger partial charge in [0.25, 0.3) is 5.82 Å². The van der Waals surface area contributed by atoms with Gasteiger partial charge in [-0.3, -0.25) is 0 Å². The molecule has 0 saturated carbocycles. The molecule has 0 radical (unpaired) electrons. The van der Waals surface area contributed by atoms with Crippen LogP contribution in [0.3, 0.4) is 0 Å². The van der Waals surface area contributed by atoms with Gasteiger partial charge in [-0.1, -0.05) is 0 Å². The number of unbranched alkanes of at least 4 members (excludes halogenated alkanes) is 2. The molecular weight excluding hydrogens is 200 g/mol. The Labute approximate surface area is 96.3 Å². The van der Waals surface area contributed by atoms with E-state index in [0.717, 1.165) is 25.9 Å². The lowest BCUT2D eigenvalue weighted by atomic mass is 10.3. The Kier molecular flexibility index (Phi) is 5.08. The fraction of sp³-hybridized carbons (Fsp3) is 0.583. The van der Waals surface area contributed by atoms with Crippen LogP contribution in [0.25, 0.3) is 0 Å². The molecule has 0 bridgehead atoms. The van der Waals surface area contributed by atoms with Crippen molar-refractivity contribution in [1.82, 2.24) is 4.57 Å². The fourth-order valence-corrected chi connectivity index (χ4v) is 1.67. The molecule has 0 spiro atoms. The summed E-state index contributed by atoms with van der Waals surface area (Å²) in [5, 5.41) is 16.9. The highest BCUT2D eigenvalue weighted by Crippen LogP contribution is 1.99. The van der Waals surface area contributed by atoms with Crippen molar-refractivity contribution in [2.75, 3.05) is 0 Å². The summed E-state index contributed by atoms with van der Waals surface area (Å²) >= 11 is 0. The Bertz CT molecular complexity index is 368. The molecule has 0 aliphatic carbocycles. The summed E-state index contributed by atoms with van der Waals surface area (Å²) in [6, 6.07) is 4.30. The second-order valence-corrected chi connectivity index (χ2v) is 3.76. The van der Waals surface area contributed by atoms with Gasteiger partial charge in [0.2, 0.25) is 0 Å². The molecule has 0 aliphatic heterocycles. The Morgan fingerprint density at radius 3 is 2.62 bits per heavy atom. The van der Waals surface area contributed by atoms with Crippen LogP contribution in [0.2, 0.25) is 0 Å². The zero-order chi connectivity index (χ0) is 11.8. The van der Waals surface area contributed by atoms with Gasteiger partial charge in [0.1, 0.15) is 12.4 Å². The summed E-state index contributed by atoms with van der Waals surface area (Å²) in [6.07, 6.45) is 7.07. The third kappa shape index (κ3) is 3.40. The van der Waals surface area contributed by atoms with E-state index in [1.807, 2.05) is 12.4 Å². The monoisotopic (exact) mass is 217 g/mol. The number of imidazole rings is 1. The number of aryl methyl sites for hydroxylation is 2. The van der Waals surface area contributed by atoms with E-state index >= 15 is 0 Å². The van der Waals surface area contributed by atoms with Crippen molar-refractivity contribution in [2.24, 2.45) is 0 Å². The minimum Gasteiger partial charge on any atom is -0.234 e. The molecule has 84 valence electrons. The quantitative estimate of drug-likeness (QED) is 0.538. The molecular formula is C12H17N4+. The molecule has 0 amide bonds. The first-order valence-corrected chi connectivity index (χ1v) is 5.58. The first-order valence-electron chi connectivity index (χ1n) is 5.58. The van der Waals surface area contributed by atoms with Crippen molar-refractivity contribution < 1.29 is 4.57 Å². The molecule has 4 heteroatoms. The topological polar surface area (TPSA) is 56.4 Å². The highest BCUT2D eigenvalue weighted by Gasteiger charge is 2.10. The second-order valence-electron chi connectivity index (χ2n) is 3.76. The summed E-state index contributed by atoms with van der Waals surface area (Å²) in [5.41, 5.74) is 0. The maximum atomic E-state index is 8.47. The van der Waals surface area contributed by atoms with Gasteiger partial charge in [0.05, 0.1) is 25.2 Å². The number of hydrogen-bond donors (Lipinski definition) is 0. The predicted octanol–water partition coefficient (Wildman–Crippen LogP) is 1.69. The van der Waals surface area contributed by atoms with Gasteiger partial charge >= 0.3 is 0 Å². The van der Waals surface area contributed by atoms with Crippen molar-refractivity contribution in [3.05, 3.63) is 18.2 Å². The zero-order valence-corrected chi connectivity index (χ0v) is 9.69. The molecule has 4 nitrogen and oxygen atoms in total. The summed E-state index contributed by atoms with van der Waals surface area (Å²) in [5.74, 6) is 1.19. The summed E-state index contributed by atoms with van der Waals surface area (Å²) in [7, 11) is 0. The maximum absolute atomic E-state index is 8.47. The van der Waals surface area contributed by atoms with Gasteiger partial charge in [-0.15, -0.1) is 0 Å². The molecule has 0 aromatic carbocycles. The maximum Gasteiger partial charge on any atom is 0.253 e. The smallest absolute Gasteiger partial charge is 0.234 e. The average Bonchev–Trinajstić information content (AvgIpc) is 2.62. The largest absolute Gasteiger partial charge is 0.253 e. The number of nitriles is 2. The zero-order valence-electron chi connectivity index (χ0n) is 9.69. The first-order chi connectivity index (χ1) is 7.79. The third-order valence-corrected chi connectivity index (χ3v) is 2.63. The highest BCUT2D eigenvalue weighted by molar-refractivity contribution is 4.80. The lowest BCUT2D eigenvalue weighted by Crippen LogP contribution is -2.35. The van der Waals surface area contributed by atoms with Crippen LogP contribution in [-0.4, -0.2) is 4.57 Å².